The molecule has 0 aliphatic carbocycles. The molecule has 2 heterocycles. The average Bonchev–Trinajstić information content (AvgIpc) is 2.76. The highest BCUT2D eigenvalue weighted by molar-refractivity contribution is 7.15. The fourth-order valence-electron chi connectivity index (χ4n) is 2.10. The monoisotopic (exact) mass is 255 g/mol. The minimum atomic E-state index is 0.285. The Morgan fingerprint density at radius 3 is 2.71 bits per heavy atom. The van der Waals surface area contributed by atoms with E-state index in [0.29, 0.717) is 6.04 Å². The first-order valence-electron chi connectivity index (χ1n) is 6.13. The molecule has 2 rings (SSSR count). The zero-order valence-electron chi connectivity index (χ0n) is 10.9. The summed E-state index contributed by atoms with van der Waals surface area (Å²) in [6.45, 7) is 8.26. The van der Waals surface area contributed by atoms with Crippen LogP contribution in [-0.2, 0) is 4.74 Å². The van der Waals surface area contributed by atoms with E-state index < -0.39 is 0 Å². The molecule has 1 unspecified atom stereocenters. The van der Waals surface area contributed by atoms with Gasteiger partial charge in [0, 0.05) is 30.2 Å². The number of nitrogens with zero attached hydrogens (tertiary/aromatic N) is 2. The van der Waals surface area contributed by atoms with Gasteiger partial charge in [-0.05, 0) is 27.8 Å². The highest BCUT2D eigenvalue weighted by atomic mass is 32.1. The van der Waals surface area contributed by atoms with Crippen LogP contribution in [0.3, 0.4) is 0 Å². The molecule has 1 aliphatic rings. The Balaban J connectivity index is 2.09. The van der Waals surface area contributed by atoms with Crippen LogP contribution in [-0.4, -0.2) is 37.3 Å². The van der Waals surface area contributed by atoms with Crippen LogP contribution < -0.4 is 10.2 Å². The zero-order valence-corrected chi connectivity index (χ0v) is 11.8. The van der Waals surface area contributed by atoms with Crippen molar-refractivity contribution in [1.82, 2.24) is 10.3 Å². The number of thiazole rings is 1. The Morgan fingerprint density at radius 1 is 1.47 bits per heavy atom. The highest BCUT2D eigenvalue weighted by Gasteiger charge is 2.24. The third kappa shape index (κ3) is 2.97. The van der Waals surface area contributed by atoms with Crippen LogP contribution in [0.1, 0.15) is 31.7 Å². The SMILES string of the molecule is CNC(C)c1cnc(N2C[C@@H](C)O[C@@H](C)C2)s1. The molecule has 0 aromatic carbocycles. The van der Waals surface area contributed by atoms with E-state index in [2.05, 4.69) is 36.0 Å². The van der Waals surface area contributed by atoms with Gasteiger partial charge in [0.2, 0.25) is 0 Å². The molecule has 0 saturated carbocycles. The Kier molecular flexibility index (Phi) is 4.01. The number of ether oxygens (including phenoxy) is 1. The van der Waals surface area contributed by atoms with Gasteiger partial charge in [0.05, 0.1) is 12.2 Å². The van der Waals surface area contributed by atoms with Gasteiger partial charge >= 0.3 is 0 Å². The molecule has 1 aliphatic heterocycles. The summed E-state index contributed by atoms with van der Waals surface area (Å²) in [4.78, 5) is 8.14. The van der Waals surface area contributed by atoms with Crippen LogP contribution >= 0.6 is 11.3 Å². The lowest BCUT2D eigenvalue weighted by Crippen LogP contribution is -2.45. The van der Waals surface area contributed by atoms with Crippen molar-refractivity contribution >= 4 is 16.5 Å². The van der Waals surface area contributed by atoms with Crippen molar-refractivity contribution in [3.8, 4) is 0 Å². The summed E-state index contributed by atoms with van der Waals surface area (Å²) in [5.41, 5.74) is 0. The molecule has 0 bridgehead atoms. The lowest BCUT2D eigenvalue weighted by atomic mass is 10.2. The van der Waals surface area contributed by atoms with Crippen LogP contribution in [0.25, 0.3) is 0 Å². The maximum Gasteiger partial charge on any atom is 0.185 e. The number of nitrogens with one attached hydrogen (secondary N) is 1. The normalized spacial score (nSPS) is 27.2. The Bertz CT molecular complexity index is 358. The smallest absolute Gasteiger partial charge is 0.185 e. The third-order valence-corrected chi connectivity index (χ3v) is 4.30. The summed E-state index contributed by atoms with van der Waals surface area (Å²) in [6.07, 6.45) is 2.55. The summed E-state index contributed by atoms with van der Waals surface area (Å²) in [6, 6.07) is 0.372. The predicted molar refractivity (Wildman–Crippen MR) is 71.8 cm³/mol. The van der Waals surface area contributed by atoms with Gasteiger partial charge in [-0.15, -0.1) is 11.3 Å². The van der Waals surface area contributed by atoms with E-state index in [1.54, 1.807) is 11.3 Å². The number of hydrogen-bond donors (Lipinski definition) is 1. The minimum Gasteiger partial charge on any atom is -0.372 e. The van der Waals surface area contributed by atoms with Crippen LogP contribution in [0.15, 0.2) is 6.20 Å². The molecule has 3 atom stereocenters. The predicted octanol–water partition coefficient (Wildman–Crippen LogP) is 2.04. The molecule has 0 spiro atoms. The summed E-state index contributed by atoms with van der Waals surface area (Å²) in [7, 11) is 1.98. The Labute approximate surface area is 107 Å². The van der Waals surface area contributed by atoms with Crippen molar-refractivity contribution < 1.29 is 4.74 Å². The van der Waals surface area contributed by atoms with Crippen LogP contribution in [0.5, 0.6) is 0 Å². The molecule has 96 valence electrons. The van der Waals surface area contributed by atoms with Gasteiger partial charge in [0.1, 0.15) is 0 Å². The molecule has 5 heteroatoms. The molecule has 1 N–H and O–H groups in total. The number of aromatic nitrogens is 1. The van der Waals surface area contributed by atoms with Gasteiger partial charge in [-0.2, -0.15) is 0 Å². The topological polar surface area (TPSA) is 37.4 Å². The maximum atomic E-state index is 5.74. The summed E-state index contributed by atoms with van der Waals surface area (Å²) >= 11 is 1.77. The molecule has 1 fully saturated rings. The zero-order chi connectivity index (χ0) is 12.4. The molecule has 1 aromatic heterocycles. The van der Waals surface area contributed by atoms with E-state index in [1.807, 2.05) is 13.2 Å². The second kappa shape index (κ2) is 5.33. The summed E-state index contributed by atoms with van der Waals surface area (Å²) in [5.74, 6) is 0. The highest BCUT2D eigenvalue weighted by Crippen LogP contribution is 2.28. The number of hydrogen-bond acceptors (Lipinski definition) is 5. The van der Waals surface area contributed by atoms with Gasteiger partial charge in [0.25, 0.3) is 0 Å². The van der Waals surface area contributed by atoms with E-state index >= 15 is 0 Å². The van der Waals surface area contributed by atoms with E-state index in [0.717, 1.165) is 18.2 Å². The number of rotatable bonds is 3. The largest absolute Gasteiger partial charge is 0.372 e. The molecule has 0 radical (unpaired) electrons. The first-order chi connectivity index (χ1) is 8.10. The van der Waals surface area contributed by atoms with Crippen LogP contribution in [0, 0.1) is 0 Å². The number of morpholine rings is 1. The second-order valence-electron chi connectivity index (χ2n) is 4.72. The summed E-state index contributed by atoms with van der Waals surface area (Å²) in [5, 5.41) is 4.36. The van der Waals surface area contributed by atoms with Crippen LogP contribution in [0.4, 0.5) is 5.13 Å². The minimum absolute atomic E-state index is 0.285. The first kappa shape index (κ1) is 12.8. The number of anilines is 1. The standard InChI is InChI=1S/C12H21N3OS/c1-8-6-15(7-9(2)16-8)12-14-5-11(17-12)10(3)13-4/h5,8-10,13H,6-7H2,1-4H3/t8-,9+,10?. The first-order valence-corrected chi connectivity index (χ1v) is 6.95. The van der Waals surface area contributed by atoms with Gasteiger partial charge in [-0.3, -0.25) is 0 Å². The lowest BCUT2D eigenvalue weighted by Gasteiger charge is -2.35. The molecule has 0 amide bonds. The third-order valence-electron chi connectivity index (χ3n) is 3.06. The van der Waals surface area contributed by atoms with Crippen molar-refractivity contribution in [2.75, 3.05) is 25.0 Å². The van der Waals surface area contributed by atoms with Gasteiger partial charge in [0.15, 0.2) is 5.13 Å². The average molecular weight is 255 g/mol. The van der Waals surface area contributed by atoms with Crippen molar-refractivity contribution in [2.24, 2.45) is 0 Å². The fourth-order valence-corrected chi connectivity index (χ4v) is 3.09. The van der Waals surface area contributed by atoms with Crippen molar-refractivity contribution in [1.29, 1.82) is 0 Å². The van der Waals surface area contributed by atoms with Gasteiger partial charge in [-0.25, -0.2) is 4.98 Å². The molecule has 17 heavy (non-hydrogen) atoms. The maximum absolute atomic E-state index is 5.74. The molecular formula is C12H21N3OS. The van der Waals surface area contributed by atoms with Gasteiger partial charge < -0.3 is 15.0 Å². The van der Waals surface area contributed by atoms with Crippen molar-refractivity contribution in [3.05, 3.63) is 11.1 Å². The second-order valence-corrected chi connectivity index (χ2v) is 5.76. The van der Waals surface area contributed by atoms with Crippen LogP contribution in [0.2, 0.25) is 0 Å². The lowest BCUT2D eigenvalue weighted by molar-refractivity contribution is -0.00522. The van der Waals surface area contributed by atoms with E-state index in [-0.39, 0.29) is 12.2 Å². The van der Waals surface area contributed by atoms with Crippen molar-refractivity contribution in [2.45, 2.75) is 39.0 Å². The molecule has 1 saturated heterocycles. The summed E-state index contributed by atoms with van der Waals surface area (Å²) < 4.78 is 5.74. The molecule has 1 aromatic rings. The van der Waals surface area contributed by atoms with E-state index in [9.17, 15) is 0 Å². The Morgan fingerprint density at radius 2 is 2.12 bits per heavy atom. The Hall–Kier alpha value is -0.650. The van der Waals surface area contributed by atoms with Crippen molar-refractivity contribution in [3.63, 3.8) is 0 Å². The fraction of sp³-hybridized carbons (Fsp3) is 0.750. The van der Waals surface area contributed by atoms with E-state index in [1.165, 1.54) is 4.88 Å². The quantitative estimate of drug-likeness (QED) is 0.897. The molecular weight excluding hydrogens is 234 g/mol. The van der Waals surface area contributed by atoms with E-state index in [4.69, 9.17) is 4.74 Å². The molecule has 4 nitrogen and oxygen atoms in total. The van der Waals surface area contributed by atoms with Gasteiger partial charge in [-0.1, -0.05) is 0 Å².